The molecule has 6 nitrogen and oxygen atoms in total. The summed E-state index contributed by atoms with van der Waals surface area (Å²) in [7, 11) is 0. The molecule has 1 aliphatic heterocycles. The van der Waals surface area contributed by atoms with Crippen LogP contribution in [-0.4, -0.2) is 52.1 Å². The van der Waals surface area contributed by atoms with Crippen LogP contribution in [0.2, 0.25) is 0 Å². The van der Waals surface area contributed by atoms with Crippen LogP contribution >= 0.6 is 11.8 Å². The molecule has 0 saturated carbocycles. The molecule has 3 rings (SSSR count). The van der Waals surface area contributed by atoms with Crippen molar-refractivity contribution in [3.63, 3.8) is 0 Å². The van der Waals surface area contributed by atoms with E-state index in [9.17, 15) is 4.79 Å². The lowest BCUT2D eigenvalue weighted by Crippen LogP contribution is -2.26. The van der Waals surface area contributed by atoms with Gasteiger partial charge in [-0.05, 0) is 31.5 Å². The van der Waals surface area contributed by atoms with Crippen molar-refractivity contribution in [2.45, 2.75) is 26.3 Å². The van der Waals surface area contributed by atoms with Crippen LogP contribution in [0.3, 0.4) is 0 Å². The molecular formula is C18H24N4O2S. The number of likely N-dealkylation sites (tertiary alicyclic amines) is 1. The zero-order valence-electron chi connectivity index (χ0n) is 14.5. The molecule has 0 radical (unpaired) electrons. The fourth-order valence-electron chi connectivity index (χ4n) is 2.80. The average molecular weight is 360 g/mol. The van der Waals surface area contributed by atoms with E-state index in [2.05, 4.69) is 20.4 Å². The third-order valence-corrected chi connectivity index (χ3v) is 5.15. The number of aromatic nitrogens is 2. The number of amides is 1. The van der Waals surface area contributed by atoms with Gasteiger partial charge in [-0.1, -0.05) is 29.4 Å². The summed E-state index contributed by atoms with van der Waals surface area (Å²) in [5.74, 6) is 2.76. The standard InChI is InChI=1S/C18H24N4O2S/c1-14-20-18(21-24-14)16-6-4-15(5-7-16)12-19-17(23)13-25-11-10-22-8-2-3-9-22/h4-7H,2-3,8-13H2,1H3,(H,19,23). The predicted molar refractivity (Wildman–Crippen MR) is 99.3 cm³/mol. The van der Waals surface area contributed by atoms with Gasteiger partial charge in [-0.25, -0.2) is 0 Å². The number of aryl methyl sites for hydroxylation is 1. The Labute approximate surface area is 152 Å². The lowest BCUT2D eigenvalue weighted by molar-refractivity contribution is -0.118. The van der Waals surface area contributed by atoms with Crippen LogP contribution in [0, 0.1) is 6.92 Å². The van der Waals surface area contributed by atoms with Crippen molar-refractivity contribution in [1.82, 2.24) is 20.4 Å². The summed E-state index contributed by atoms with van der Waals surface area (Å²) >= 11 is 1.70. The molecule has 0 atom stereocenters. The Bertz CT molecular complexity index is 681. The van der Waals surface area contributed by atoms with Gasteiger partial charge >= 0.3 is 0 Å². The number of thioether (sulfide) groups is 1. The van der Waals surface area contributed by atoms with Crippen molar-refractivity contribution in [3.8, 4) is 11.4 Å². The third kappa shape index (κ3) is 5.57. The van der Waals surface area contributed by atoms with E-state index < -0.39 is 0 Å². The second-order valence-electron chi connectivity index (χ2n) is 6.21. The Hall–Kier alpha value is -1.86. The molecule has 0 aliphatic carbocycles. The van der Waals surface area contributed by atoms with Crippen molar-refractivity contribution in [2.24, 2.45) is 0 Å². The summed E-state index contributed by atoms with van der Waals surface area (Å²) in [6.45, 7) is 5.83. The summed E-state index contributed by atoms with van der Waals surface area (Å²) < 4.78 is 4.98. The first-order valence-electron chi connectivity index (χ1n) is 8.67. The van der Waals surface area contributed by atoms with Crippen LogP contribution in [-0.2, 0) is 11.3 Å². The quantitative estimate of drug-likeness (QED) is 0.729. The Balaban J connectivity index is 1.35. The minimum atomic E-state index is 0.0873. The van der Waals surface area contributed by atoms with Gasteiger partial charge in [0, 0.05) is 31.3 Å². The smallest absolute Gasteiger partial charge is 0.230 e. The second-order valence-corrected chi connectivity index (χ2v) is 7.32. The molecule has 0 unspecified atom stereocenters. The van der Waals surface area contributed by atoms with E-state index in [4.69, 9.17) is 4.52 Å². The molecule has 0 bridgehead atoms. The molecule has 1 amide bonds. The van der Waals surface area contributed by atoms with E-state index in [1.165, 1.54) is 25.9 Å². The molecule has 1 aromatic heterocycles. The lowest BCUT2D eigenvalue weighted by Gasteiger charge is -2.13. The Morgan fingerprint density at radius 3 is 2.72 bits per heavy atom. The number of benzene rings is 1. The van der Waals surface area contributed by atoms with Gasteiger partial charge in [0.1, 0.15) is 0 Å². The van der Waals surface area contributed by atoms with Crippen molar-refractivity contribution >= 4 is 17.7 Å². The first-order valence-corrected chi connectivity index (χ1v) is 9.82. The van der Waals surface area contributed by atoms with Gasteiger partial charge in [0.25, 0.3) is 0 Å². The van der Waals surface area contributed by atoms with Crippen LogP contribution in [0.25, 0.3) is 11.4 Å². The first-order chi connectivity index (χ1) is 12.2. The summed E-state index contributed by atoms with van der Waals surface area (Å²) in [6.07, 6.45) is 2.63. The van der Waals surface area contributed by atoms with Crippen LogP contribution in [0.15, 0.2) is 28.8 Å². The van der Waals surface area contributed by atoms with Gasteiger partial charge < -0.3 is 14.7 Å². The van der Waals surface area contributed by atoms with Gasteiger partial charge in [-0.3, -0.25) is 4.79 Å². The Morgan fingerprint density at radius 2 is 2.04 bits per heavy atom. The molecule has 1 saturated heterocycles. The number of hydrogen-bond acceptors (Lipinski definition) is 6. The lowest BCUT2D eigenvalue weighted by atomic mass is 10.1. The zero-order chi connectivity index (χ0) is 17.5. The van der Waals surface area contributed by atoms with Crippen molar-refractivity contribution in [2.75, 3.05) is 31.1 Å². The maximum Gasteiger partial charge on any atom is 0.230 e. The molecule has 0 spiro atoms. The van der Waals surface area contributed by atoms with E-state index in [-0.39, 0.29) is 5.91 Å². The summed E-state index contributed by atoms with van der Waals surface area (Å²) in [6, 6.07) is 7.83. The van der Waals surface area contributed by atoms with Crippen molar-refractivity contribution in [3.05, 3.63) is 35.7 Å². The summed E-state index contributed by atoms with van der Waals surface area (Å²) in [5.41, 5.74) is 1.96. The number of rotatable bonds is 8. The van der Waals surface area contributed by atoms with E-state index >= 15 is 0 Å². The molecule has 25 heavy (non-hydrogen) atoms. The van der Waals surface area contributed by atoms with E-state index in [0.717, 1.165) is 23.4 Å². The van der Waals surface area contributed by atoms with Crippen molar-refractivity contribution in [1.29, 1.82) is 0 Å². The first kappa shape index (κ1) is 17.9. The van der Waals surface area contributed by atoms with Gasteiger partial charge in [-0.2, -0.15) is 16.7 Å². The number of nitrogens with one attached hydrogen (secondary N) is 1. The highest BCUT2D eigenvalue weighted by Crippen LogP contribution is 2.16. The molecule has 2 heterocycles. The number of nitrogens with zero attached hydrogens (tertiary/aromatic N) is 3. The highest BCUT2D eigenvalue weighted by Gasteiger charge is 2.11. The molecular weight excluding hydrogens is 336 g/mol. The molecule has 1 aliphatic rings. The Morgan fingerprint density at radius 1 is 1.28 bits per heavy atom. The molecule has 1 fully saturated rings. The maximum absolute atomic E-state index is 11.9. The fraction of sp³-hybridized carbons (Fsp3) is 0.500. The predicted octanol–water partition coefficient (Wildman–Crippen LogP) is 2.49. The van der Waals surface area contributed by atoms with Gasteiger partial charge in [0.05, 0.1) is 5.75 Å². The molecule has 7 heteroatoms. The largest absolute Gasteiger partial charge is 0.351 e. The highest BCUT2D eigenvalue weighted by molar-refractivity contribution is 7.99. The Kier molecular flexibility index (Phi) is 6.47. The van der Waals surface area contributed by atoms with Crippen LogP contribution in [0.1, 0.15) is 24.3 Å². The fourth-order valence-corrected chi connectivity index (χ4v) is 3.62. The van der Waals surface area contributed by atoms with Crippen LogP contribution in [0.4, 0.5) is 0 Å². The zero-order valence-corrected chi connectivity index (χ0v) is 15.3. The third-order valence-electron chi connectivity index (χ3n) is 4.21. The van der Waals surface area contributed by atoms with Gasteiger partial charge in [0.2, 0.25) is 17.6 Å². The SMILES string of the molecule is Cc1nc(-c2ccc(CNC(=O)CSCCN3CCCC3)cc2)no1. The normalized spacial score (nSPS) is 14.8. The van der Waals surface area contributed by atoms with Crippen molar-refractivity contribution < 1.29 is 9.32 Å². The number of carbonyl (C=O) groups is 1. The number of carbonyl (C=O) groups excluding carboxylic acids is 1. The second kappa shape index (κ2) is 9.01. The van der Waals surface area contributed by atoms with Gasteiger partial charge in [-0.15, -0.1) is 0 Å². The minimum Gasteiger partial charge on any atom is -0.351 e. The minimum absolute atomic E-state index is 0.0873. The van der Waals surface area contributed by atoms with Crippen LogP contribution < -0.4 is 5.32 Å². The van der Waals surface area contributed by atoms with Gasteiger partial charge in [0.15, 0.2) is 0 Å². The summed E-state index contributed by atoms with van der Waals surface area (Å²) in [4.78, 5) is 18.6. The van der Waals surface area contributed by atoms with E-state index in [0.29, 0.717) is 24.0 Å². The molecule has 2 aromatic rings. The summed E-state index contributed by atoms with van der Waals surface area (Å²) in [5, 5.41) is 6.87. The number of hydrogen-bond donors (Lipinski definition) is 1. The maximum atomic E-state index is 11.9. The highest BCUT2D eigenvalue weighted by atomic mass is 32.2. The van der Waals surface area contributed by atoms with Crippen LogP contribution in [0.5, 0.6) is 0 Å². The monoisotopic (exact) mass is 360 g/mol. The van der Waals surface area contributed by atoms with E-state index in [1.54, 1.807) is 18.7 Å². The molecule has 1 N–H and O–H groups in total. The topological polar surface area (TPSA) is 71.3 Å². The van der Waals surface area contributed by atoms with E-state index in [1.807, 2.05) is 24.3 Å². The average Bonchev–Trinajstić information content (AvgIpc) is 3.29. The molecule has 1 aromatic carbocycles. The molecule has 134 valence electrons.